The lowest BCUT2D eigenvalue weighted by molar-refractivity contribution is -0.780. The van der Waals surface area contributed by atoms with Gasteiger partial charge in [-0.15, -0.1) is 0 Å². The number of unbranched alkanes of at least 4 members (excludes halogenated alkanes) is 8. The van der Waals surface area contributed by atoms with E-state index in [-0.39, 0.29) is 11.0 Å². The molecule has 0 aromatic rings. The normalized spacial score (nSPS) is 19.4. The van der Waals surface area contributed by atoms with Gasteiger partial charge in [0.05, 0.1) is 12.2 Å². The average Bonchev–Trinajstić information content (AvgIpc) is 2.97. The van der Waals surface area contributed by atoms with Crippen molar-refractivity contribution >= 4 is 11.8 Å². The summed E-state index contributed by atoms with van der Waals surface area (Å²) >= 11 is 0. The van der Waals surface area contributed by atoms with Crippen LogP contribution in [-0.2, 0) is 4.79 Å². The molecule has 1 aliphatic rings. The van der Waals surface area contributed by atoms with Crippen LogP contribution >= 0.6 is 0 Å². The molecule has 1 unspecified atom stereocenters. The molecule has 0 fully saturated rings. The van der Waals surface area contributed by atoms with Crippen LogP contribution in [0, 0.1) is 0 Å². The molecule has 0 radical (unpaired) electrons. The molecule has 5 heteroatoms. The maximum Gasteiger partial charge on any atom is 0.208 e. The van der Waals surface area contributed by atoms with E-state index >= 15 is 0 Å². The quantitative estimate of drug-likeness (QED) is 0.260. The maximum atomic E-state index is 11.1. The number of rotatable bonds is 16. The number of amidine groups is 1. The fraction of sp³-hybridized carbons (Fsp3) is 0.714. The largest absolute Gasteiger partial charge is 0.544 e. The lowest BCUT2D eigenvalue weighted by Gasteiger charge is -2.32. The van der Waals surface area contributed by atoms with Gasteiger partial charge < -0.3 is 15.6 Å². The number of quaternary nitrogens is 1. The summed E-state index contributed by atoms with van der Waals surface area (Å²) in [6, 6.07) is 0. The van der Waals surface area contributed by atoms with E-state index < -0.39 is 5.97 Å². The average molecular weight is 364 g/mol. The van der Waals surface area contributed by atoms with Crippen LogP contribution in [0.2, 0.25) is 0 Å². The van der Waals surface area contributed by atoms with Crippen LogP contribution in [0.25, 0.3) is 0 Å². The van der Waals surface area contributed by atoms with Gasteiger partial charge in [0.1, 0.15) is 19.3 Å². The molecule has 0 saturated carbocycles. The van der Waals surface area contributed by atoms with Crippen molar-refractivity contribution in [3.8, 4) is 0 Å². The van der Waals surface area contributed by atoms with Crippen molar-refractivity contribution in [1.82, 2.24) is 0 Å². The molecule has 1 rings (SSSR count). The summed E-state index contributed by atoms with van der Waals surface area (Å²) in [6.07, 6.45) is 21.5. The molecule has 148 valence electrons. The van der Waals surface area contributed by atoms with Gasteiger partial charge in [0.2, 0.25) is 5.84 Å². The van der Waals surface area contributed by atoms with E-state index in [4.69, 9.17) is 5.73 Å². The Morgan fingerprint density at radius 3 is 2.42 bits per heavy atom. The van der Waals surface area contributed by atoms with Crippen LogP contribution in [0.4, 0.5) is 0 Å². The Hall–Kier alpha value is -1.46. The Labute approximate surface area is 159 Å². The number of carbonyl (C=O) groups is 1. The van der Waals surface area contributed by atoms with Crippen LogP contribution in [0.5, 0.6) is 0 Å². The summed E-state index contributed by atoms with van der Waals surface area (Å²) in [4.78, 5) is 15.5. The van der Waals surface area contributed by atoms with Gasteiger partial charge in [-0.2, -0.15) is 0 Å². The summed E-state index contributed by atoms with van der Waals surface area (Å²) < 4.78 is 0.213. The van der Waals surface area contributed by atoms with Gasteiger partial charge >= 0.3 is 0 Å². The molecule has 0 aliphatic carbocycles. The van der Waals surface area contributed by atoms with Gasteiger partial charge in [0, 0.05) is 13.0 Å². The Morgan fingerprint density at radius 2 is 1.77 bits per heavy atom. The van der Waals surface area contributed by atoms with Crippen LogP contribution < -0.4 is 10.8 Å². The molecule has 0 aromatic heterocycles. The van der Waals surface area contributed by atoms with Crippen LogP contribution in [0.1, 0.15) is 77.6 Å². The molecule has 1 aliphatic heterocycles. The highest BCUT2D eigenvalue weighted by Gasteiger charge is 2.34. The summed E-state index contributed by atoms with van der Waals surface area (Å²) in [5.41, 5.74) is 5.67. The van der Waals surface area contributed by atoms with E-state index in [0.717, 1.165) is 25.1 Å². The standard InChI is InChI=1S/C21H37N3O2/c1-2-3-4-5-6-7-8-9-10-11-12-13-14-20-23-16-18-24(20,17-15-22)19-21(25)26/h11-12,16,18H,2-10,13-15,17,19,22H2,1H3/b12-11+. The Bertz CT molecular complexity index is 486. The number of aliphatic imine (C=N–C) groups is 1. The predicted octanol–water partition coefficient (Wildman–Crippen LogP) is 3.26. The van der Waals surface area contributed by atoms with Crippen molar-refractivity contribution in [2.75, 3.05) is 19.6 Å². The minimum atomic E-state index is -1.07. The Kier molecular flexibility index (Phi) is 11.9. The third kappa shape index (κ3) is 8.77. The third-order valence-electron chi connectivity index (χ3n) is 4.95. The molecule has 0 amide bonds. The van der Waals surface area contributed by atoms with Crippen molar-refractivity contribution in [2.45, 2.75) is 77.6 Å². The highest BCUT2D eigenvalue weighted by atomic mass is 16.4. The summed E-state index contributed by atoms with van der Waals surface area (Å²) in [7, 11) is 0. The summed E-state index contributed by atoms with van der Waals surface area (Å²) in [5.74, 6) is -0.195. The van der Waals surface area contributed by atoms with E-state index in [9.17, 15) is 9.90 Å². The first kappa shape index (κ1) is 22.6. The van der Waals surface area contributed by atoms with E-state index in [1.165, 1.54) is 51.4 Å². The van der Waals surface area contributed by atoms with E-state index in [1.807, 2.05) is 6.20 Å². The number of carbonyl (C=O) groups excluding carboxylic acids is 1. The molecule has 2 N–H and O–H groups in total. The SMILES string of the molecule is CCCCCCCCCC/C=C/CCC1=NC=C[N+]1(CCN)CC(=O)[O-]. The van der Waals surface area contributed by atoms with Gasteiger partial charge in [-0.3, -0.25) is 0 Å². The first-order valence-electron chi connectivity index (χ1n) is 10.3. The van der Waals surface area contributed by atoms with Crippen LogP contribution in [0.3, 0.4) is 0 Å². The first-order chi connectivity index (χ1) is 12.6. The zero-order chi connectivity index (χ0) is 19.1. The Balaban J connectivity index is 2.18. The van der Waals surface area contributed by atoms with Crippen molar-refractivity contribution in [3.05, 3.63) is 24.6 Å². The molecule has 0 spiro atoms. The van der Waals surface area contributed by atoms with Crippen molar-refractivity contribution in [2.24, 2.45) is 10.7 Å². The molecule has 0 aromatic carbocycles. The number of hydrogen-bond donors (Lipinski definition) is 1. The Morgan fingerprint density at radius 1 is 1.12 bits per heavy atom. The molecular weight excluding hydrogens is 326 g/mol. The zero-order valence-electron chi connectivity index (χ0n) is 16.5. The molecule has 5 nitrogen and oxygen atoms in total. The van der Waals surface area contributed by atoms with Gasteiger partial charge in [-0.25, -0.2) is 9.48 Å². The van der Waals surface area contributed by atoms with E-state index in [2.05, 4.69) is 24.1 Å². The number of hydrogen-bond acceptors (Lipinski definition) is 4. The lowest BCUT2D eigenvalue weighted by atomic mass is 10.1. The van der Waals surface area contributed by atoms with Crippen LogP contribution in [0.15, 0.2) is 29.5 Å². The maximum absolute atomic E-state index is 11.1. The number of aliphatic carboxylic acids is 1. The fourth-order valence-corrected chi connectivity index (χ4v) is 3.47. The molecule has 1 atom stereocenters. The van der Waals surface area contributed by atoms with Gasteiger partial charge in [0.25, 0.3) is 0 Å². The second kappa shape index (κ2) is 13.7. The first-order valence-corrected chi connectivity index (χ1v) is 10.3. The summed E-state index contributed by atoms with van der Waals surface area (Å²) in [6.45, 7) is 3.13. The monoisotopic (exact) mass is 363 g/mol. The molecule has 0 saturated heterocycles. The zero-order valence-corrected chi connectivity index (χ0v) is 16.5. The molecule has 0 bridgehead atoms. The lowest BCUT2D eigenvalue weighted by Crippen LogP contribution is -2.54. The van der Waals surface area contributed by atoms with Gasteiger partial charge in [0.15, 0.2) is 0 Å². The van der Waals surface area contributed by atoms with Gasteiger partial charge in [-0.1, -0.05) is 64.0 Å². The van der Waals surface area contributed by atoms with Gasteiger partial charge in [-0.05, 0) is 19.3 Å². The number of nitrogens with zero attached hydrogens (tertiary/aromatic N) is 2. The van der Waals surface area contributed by atoms with E-state index in [1.54, 1.807) is 6.20 Å². The second-order valence-electron chi connectivity index (χ2n) is 7.19. The van der Waals surface area contributed by atoms with Crippen LogP contribution in [-0.4, -0.2) is 35.9 Å². The third-order valence-corrected chi connectivity index (χ3v) is 4.95. The van der Waals surface area contributed by atoms with Crippen molar-refractivity contribution in [3.63, 3.8) is 0 Å². The molecule has 1 heterocycles. The summed E-state index contributed by atoms with van der Waals surface area (Å²) in [5, 5.41) is 11.1. The minimum absolute atomic E-state index is 0.0888. The highest BCUT2D eigenvalue weighted by Crippen LogP contribution is 2.19. The molecule has 26 heavy (non-hydrogen) atoms. The topological polar surface area (TPSA) is 78.5 Å². The minimum Gasteiger partial charge on any atom is -0.544 e. The van der Waals surface area contributed by atoms with Crippen molar-refractivity contribution in [1.29, 1.82) is 0 Å². The highest BCUT2D eigenvalue weighted by molar-refractivity contribution is 5.81. The molecular formula is C21H37N3O2. The number of nitrogens with two attached hydrogens (primary N) is 1. The second-order valence-corrected chi connectivity index (χ2v) is 7.19. The number of carboxylic acids is 1. The van der Waals surface area contributed by atoms with Crippen molar-refractivity contribution < 1.29 is 14.4 Å². The number of allylic oxidation sites excluding steroid dienone is 2. The number of carboxylic acid groups (broad SMARTS) is 1. The predicted molar refractivity (Wildman–Crippen MR) is 106 cm³/mol. The van der Waals surface area contributed by atoms with E-state index in [0.29, 0.717) is 13.1 Å². The smallest absolute Gasteiger partial charge is 0.208 e. The fourth-order valence-electron chi connectivity index (χ4n) is 3.47.